The number of imidazole rings is 1. The highest BCUT2D eigenvalue weighted by Gasteiger charge is 2.00. The van der Waals surface area contributed by atoms with E-state index in [0.29, 0.717) is 0 Å². The Morgan fingerprint density at radius 2 is 1.80 bits per heavy atom. The maximum atomic E-state index is 9.08. The first-order chi connectivity index (χ1) is 9.85. The fourth-order valence-corrected chi connectivity index (χ4v) is 2.24. The van der Waals surface area contributed by atoms with Crippen molar-refractivity contribution in [1.29, 1.82) is 0 Å². The van der Waals surface area contributed by atoms with E-state index < -0.39 is 0 Å². The lowest BCUT2D eigenvalue weighted by molar-refractivity contribution is 0.282. The molecule has 0 radical (unpaired) electrons. The Morgan fingerprint density at radius 3 is 2.50 bits per heavy atom. The molecule has 3 nitrogen and oxygen atoms in total. The number of aliphatic hydroxyl groups excluding tert-OH is 1. The minimum Gasteiger partial charge on any atom is -0.392 e. The van der Waals surface area contributed by atoms with Crippen molar-refractivity contribution in [2.45, 2.75) is 13.2 Å². The van der Waals surface area contributed by atoms with E-state index >= 15 is 0 Å². The normalized spacial score (nSPS) is 10.7. The van der Waals surface area contributed by atoms with Crippen LogP contribution in [-0.2, 0) is 13.2 Å². The van der Waals surface area contributed by atoms with Gasteiger partial charge in [-0.2, -0.15) is 0 Å². The highest BCUT2D eigenvalue weighted by atomic mass is 16.3. The Balaban J connectivity index is 1.86. The Labute approximate surface area is 118 Å². The molecule has 0 unspecified atom stereocenters. The summed E-state index contributed by atoms with van der Waals surface area (Å²) >= 11 is 0. The van der Waals surface area contributed by atoms with Crippen LogP contribution in [0.3, 0.4) is 0 Å². The van der Waals surface area contributed by atoms with Gasteiger partial charge in [-0.25, -0.2) is 4.98 Å². The number of benzene rings is 2. The van der Waals surface area contributed by atoms with E-state index in [4.69, 9.17) is 5.11 Å². The number of rotatable bonds is 4. The zero-order valence-corrected chi connectivity index (χ0v) is 11.1. The van der Waals surface area contributed by atoms with E-state index in [1.54, 1.807) is 6.20 Å². The maximum Gasteiger partial charge on any atom is 0.0949 e. The first-order valence-corrected chi connectivity index (χ1v) is 6.60. The molecule has 0 aliphatic heterocycles. The van der Waals surface area contributed by atoms with Crippen LogP contribution >= 0.6 is 0 Å². The van der Waals surface area contributed by atoms with Gasteiger partial charge in [0.2, 0.25) is 0 Å². The fourth-order valence-electron chi connectivity index (χ4n) is 2.24. The summed E-state index contributed by atoms with van der Waals surface area (Å²) in [6, 6.07) is 16.5. The molecule has 0 saturated carbocycles. The van der Waals surface area contributed by atoms with Crippen LogP contribution < -0.4 is 0 Å². The van der Waals surface area contributed by atoms with Gasteiger partial charge in [-0.1, -0.05) is 42.5 Å². The van der Waals surface area contributed by atoms with Gasteiger partial charge < -0.3 is 9.67 Å². The standard InChI is InChI=1S/C17H16N2O/c20-12-14-4-6-16(7-5-14)17-3-1-2-15(10-17)11-19-9-8-18-13-19/h1-10,13,20H,11-12H2. The van der Waals surface area contributed by atoms with Gasteiger partial charge in [-0.3, -0.25) is 0 Å². The summed E-state index contributed by atoms with van der Waals surface area (Å²) in [5, 5.41) is 9.08. The summed E-state index contributed by atoms with van der Waals surface area (Å²) in [6.07, 6.45) is 5.57. The molecule has 3 heteroatoms. The van der Waals surface area contributed by atoms with Crippen LogP contribution in [0, 0.1) is 0 Å². The van der Waals surface area contributed by atoms with Gasteiger partial charge in [-0.05, 0) is 28.3 Å². The molecule has 2 aromatic carbocycles. The number of aliphatic hydroxyl groups is 1. The molecule has 100 valence electrons. The summed E-state index contributed by atoms with van der Waals surface area (Å²) in [5.41, 5.74) is 4.52. The average Bonchev–Trinajstić information content (AvgIpc) is 3.01. The molecule has 0 bridgehead atoms. The second kappa shape index (κ2) is 5.72. The van der Waals surface area contributed by atoms with E-state index in [1.165, 1.54) is 11.1 Å². The zero-order chi connectivity index (χ0) is 13.8. The van der Waals surface area contributed by atoms with Gasteiger partial charge in [0.25, 0.3) is 0 Å². The Kier molecular flexibility index (Phi) is 3.61. The molecule has 0 spiro atoms. The average molecular weight is 264 g/mol. The maximum absolute atomic E-state index is 9.08. The number of hydrogen-bond donors (Lipinski definition) is 1. The molecule has 0 amide bonds. The number of hydrogen-bond acceptors (Lipinski definition) is 2. The highest BCUT2D eigenvalue weighted by molar-refractivity contribution is 5.64. The zero-order valence-electron chi connectivity index (χ0n) is 11.1. The van der Waals surface area contributed by atoms with Gasteiger partial charge in [0.15, 0.2) is 0 Å². The minimum atomic E-state index is 0.0843. The van der Waals surface area contributed by atoms with E-state index in [2.05, 4.69) is 29.2 Å². The third kappa shape index (κ3) is 2.78. The minimum absolute atomic E-state index is 0.0843. The van der Waals surface area contributed by atoms with Gasteiger partial charge in [0.05, 0.1) is 12.9 Å². The molecule has 1 heterocycles. The topological polar surface area (TPSA) is 38.0 Å². The molecular formula is C17H16N2O. The van der Waals surface area contributed by atoms with Crippen molar-refractivity contribution in [2.24, 2.45) is 0 Å². The van der Waals surface area contributed by atoms with Crippen LogP contribution in [0.25, 0.3) is 11.1 Å². The molecule has 0 atom stereocenters. The smallest absolute Gasteiger partial charge is 0.0949 e. The van der Waals surface area contributed by atoms with Crippen molar-refractivity contribution >= 4 is 0 Å². The third-order valence-corrected chi connectivity index (χ3v) is 3.32. The SMILES string of the molecule is OCc1ccc(-c2cccc(Cn3ccnc3)c2)cc1. The molecule has 0 fully saturated rings. The quantitative estimate of drug-likeness (QED) is 0.786. The Hall–Kier alpha value is -2.39. The number of aromatic nitrogens is 2. The second-order valence-corrected chi connectivity index (χ2v) is 4.79. The summed E-state index contributed by atoms with van der Waals surface area (Å²) in [4.78, 5) is 4.06. The van der Waals surface area contributed by atoms with Crippen LogP contribution in [0.4, 0.5) is 0 Å². The van der Waals surface area contributed by atoms with Crippen LogP contribution in [0.15, 0.2) is 67.3 Å². The first-order valence-electron chi connectivity index (χ1n) is 6.60. The highest BCUT2D eigenvalue weighted by Crippen LogP contribution is 2.21. The van der Waals surface area contributed by atoms with Crippen LogP contribution in [0.1, 0.15) is 11.1 Å². The Bertz CT molecular complexity index is 672. The molecule has 1 aromatic heterocycles. The van der Waals surface area contributed by atoms with Gasteiger partial charge in [0, 0.05) is 18.9 Å². The molecule has 1 N–H and O–H groups in total. The molecule has 3 aromatic rings. The largest absolute Gasteiger partial charge is 0.392 e. The molecule has 0 aliphatic carbocycles. The summed E-state index contributed by atoms with van der Waals surface area (Å²) in [5.74, 6) is 0. The van der Waals surface area contributed by atoms with Gasteiger partial charge in [0.1, 0.15) is 0 Å². The molecular weight excluding hydrogens is 248 g/mol. The van der Waals surface area contributed by atoms with Gasteiger partial charge >= 0.3 is 0 Å². The molecule has 0 saturated heterocycles. The van der Waals surface area contributed by atoms with Crippen molar-refractivity contribution in [3.63, 3.8) is 0 Å². The lowest BCUT2D eigenvalue weighted by Gasteiger charge is -2.07. The van der Waals surface area contributed by atoms with E-state index in [0.717, 1.165) is 17.7 Å². The lowest BCUT2D eigenvalue weighted by Crippen LogP contribution is -1.96. The predicted octanol–water partition coefficient (Wildman–Crippen LogP) is 3.09. The second-order valence-electron chi connectivity index (χ2n) is 4.79. The van der Waals surface area contributed by atoms with Crippen LogP contribution in [-0.4, -0.2) is 14.7 Å². The lowest BCUT2D eigenvalue weighted by atomic mass is 10.0. The molecule has 0 aliphatic rings. The summed E-state index contributed by atoms with van der Waals surface area (Å²) in [7, 11) is 0. The van der Waals surface area contributed by atoms with E-state index in [9.17, 15) is 0 Å². The van der Waals surface area contributed by atoms with Crippen LogP contribution in [0.2, 0.25) is 0 Å². The van der Waals surface area contributed by atoms with Crippen LogP contribution in [0.5, 0.6) is 0 Å². The predicted molar refractivity (Wildman–Crippen MR) is 79.1 cm³/mol. The van der Waals surface area contributed by atoms with E-state index in [1.807, 2.05) is 41.4 Å². The monoisotopic (exact) mass is 264 g/mol. The van der Waals surface area contributed by atoms with Gasteiger partial charge in [-0.15, -0.1) is 0 Å². The van der Waals surface area contributed by atoms with Crippen molar-refractivity contribution in [1.82, 2.24) is 9.55 Å². The van der Waals surface area contributed by atoms with E-state index in [-0.39, 0.29) is 6.61 Å². The Morgan fingerprint density at radius 1 is 0.950 bits per heavy atom. The molecule has 20 heavy (non-hydrogen) atoms. The third-order valence-electron chi connectivity index (χ3n) is 3.32. The fraction of sp³-hybridized carbons (Fsp3) is 0.118. The number of nitrogens with zero attached hydrogens (tertiary/aromatic N) is 2. The van der Waals surface area contributed by atoms with Crippen molar-refractivity contribution in [3.05, 3.63) is 78.4 Å². The summed E-state index contributed by atoms with van der Waals surface area (Å²) < 4.78 is 2.05. The molecule has 3 rings (SSSR count). The summed E-state index contributed by atoms with van der Waals surface area (Å²) in [6.45, 7) is 0.906. The van der Waals surface area contributed by atoms with Crippen molar-refractivity contribution in [3.8, 4) is 11.1 Å². The van der Waals surface area contributed by atoms with Crippen molar-refractivity contribution in [2.75, 3.05) is 0 Å². The first kappa shape index (κ1) is 12.6. The van der Waals surface area contributed by atoms with Crippen molar-refractivity contribution < 1.29 is 5.11 Å².